The van der Waals surface area contributed by atoms with Gasteiger partial charge in [-0.2, -0.15) is 0 Å². The first kappa shape index (κ1) is 20.3. The van der Waals surface area contributed by atoms with Crippen LogP contribution in [0.4, 0.5) is 5.95 Å². The van der Waals surface area contributed by atoms with Crippen molar-refractivity contribution in [3.63, 3.8) is 0 Å². The number of halogens is 3. The first-order valence-electron chi connectivity index (χ1n) is 8.27. The third-order valence-corrected chi connectivity index (χ3v) is 4.79. The van der Waals surface area contributed by atoms with Crippen LogP contribution in [-0.2, 0) is 13.2 Å². The van der Waals surface area contributed by atoms with Crippen molar-refractivity contribution in [2.24, 2.45) is 0 Å². The highest BCUT2D eigenvalue weighted by molar-refractivity contribution is 6.42. The third-order valence-electron chi connectivity index (χ3n) is 3.70. The maximum atomic E-state index is 6.40. The van der Waals surface area contributed by atoms with E-state index in [1.54, 1.807) is 24.3 Å². The molecule has 0 radical (unpaired) electrons. The number of ether oxygens (including phenoxy) is 2. The Bertz CT molecular complexity index is 966. The highest BCUT2D eigenvalue weighted by Crippen LogP contribution is 2.34. The van der Waals surface area contributed by atoms with E-state index in [2.05, 4.69) is 21.0 Å². The van der Waals surface area contributed by atoms with Gasteiger partial charge in [0.05, 0.1) is 23.2 Å². The molecule has 0 aliphatic rings. The van der Waals surface area contributed by atoms with Crippen molar-refractivity contribution in [1.29, 1.82) is 0 Å². The summed E-state index contributed by atoms with van der Waals surface area (Å²) in [5.41, 5.74) is 10.2. The van der Waals surface area contributed by atoms with Crippen LogP contribution >= 0.6 is 34.8 Å². The molecule has 0 aliphatic carbocycles. The number of tetrazole rings is 1. The molecule has 0 amide bonds. The van der Waals surface area contributed by atoms with E-state index in [9.17, 15) is 0 Å². The normalized spacial score (nSPS) is 10.7. The zero-order chi connectivity index (χ0) is 20.1. The molecule has 0 bridgehead atoms. The molecule has 0 atom stereocenters. The molecule has 3 aromatic rings. The second kappa shape index (κ2) is 9.18. The number of nitrogen functional groups attached to an aromatic ring is 1. The number of nitrogens with two attached hydrogens (primary N) is 1. The lowest BCUT2D eigenvalue weighted by molar-refractivity contribution is 0.269. The molecule has 28 heavy (non-hydrogen) atoms. The van der Waals surface area contributed by atoms with Gasteiger partial charge in [-0.3, -0.25) is 0 Å². The Morgan fingerprint density at radius 3 is 2.50 bits per heavy atom. The molecule has 0 spiro atoms. The standard InChI is InChI=1S/C17H17Cl3N6O2/c1-2-27-15-6-11(8-22-26-17(21)23-24-25-26)13(19)7-16(15)28-9-10-3-4-12(18)14(20)5-10/h3-7,22H,2,8-9H2,1H3,(H2,21,23,25). The van der Waals surface area contributed by atoms with Crippen molar-refractivity contribution >= 4 is 40.8 Å². The van der Waals surface area contributed by atoms with Crippen molar-refractivity contribution in [3.05, 3.63) is 56.5 Å². The minimum absolute atomic E-state index is 0.141. The van der Waals surface area contributed by atoms with Crippen LogP contribution < -0.4 is 20.6 Å². The van der Waals surface area contributed by atoms with Crippen LogP contribution in [0.2, 0.25) is 15.1 Å². The molecule has 1 aromatic heterocycles. The van der Waals surface area contributed by atoms with Gasteiger partial charge in [0.15, 0.2) is 11.5 Å². The van der Waals surface area contributed by atoms with Crippen molar-refractivity contribution in [2.45, 2.75) is 20.1 Å². The lowest BCUT2D eigenvalue weighted by Gasteiger charge is -2.15. The number of aromatic nitrogens is 4. The Hall–Kier alpha value is -2.42. The summed E-state index contributed by atoms with van der Waals surface area (Å²) in [4.78, 5) is 1.26. The quantitative estimate of drug-likeness (QED) is 0.544. The van der Waals surface area contributed by atoms with E-state index in [4.69, 9.17) is 50.0 Å². The summed E-state index contributed by atoms with van der Waals surface area (Å²) >= 11 is 18.4. The minimum Gasteiger partial charge on any atom is -0.490 e. The highest BCUT2D eigenvalue weighted by Gasteiger charge is 2.13. The van der Waals surface area contributed by atoms with Crippen LogP contribution in [0.25, 0.3) is 0 Å². The van der Waals surface area contributed by atoms with Crippen molar-refractivity contribution < 1.29 is 9.47 Å². The van der Waals surface area contributed by atoms with Crippen LogP contribution in [0.1, 0.15) is 18.1 Å². The summed E-state index contributed by atoms with van der Waals surface area (Å²) in [6.07, 6.45) is 0. The molecular formula is C17H17Cl3N6O2. The number of anilines is 1. The first-order valence-corrected chi connectivity index (χ1v) is 9.41. The second-order valence-electron chi connectivity index (χ2n) is 5.64. The van der Waals surface area contributed by atoms with Gasteiger partial charge in [0.1, 0.15) is 6.61 Å². The van der Waals surface area contributed by atoms with Gasteiger partial charge in [-0.25, -0.2) is 0 Å². The second-order valence-corrected chi connectivity index (χ2v) is 6.87. The van der Waals surface area contributed by atoms with Gasteiger partial charge in [-0.15, -0.1) is 4.79 Å². The number of benzene rings is 2. The van der Waals surface area contributed by atoms with Gasteiger partial charge in [-0.05, 0) is 46.7 Å². The monoisotopic (exact) mass is 442 g/mol. The fourth-order valence-corrected chi connectivity index (χ4v) is 2.89. The summed E-state index contributed by atoms with van der Waals surface area (Å²) in [5.74, 6) is 1.22. The van der Waals surface area contributed by atoms with Crippen molar-refractivity contribution in [2.75, 3.05) is 17.8 Å². The number of nitrogens with one attached hydrogen (secondary N) is 1. The van der Waals surface area contributed by atoms with E-state index in [0.717, 1.165) is 11.1 Å². The molecule has 3 rings (SSSR count). The number of hydrogen-bond donors (Lipinski definition) is 2. The van der Waals surface area contributed by atoms with E-state index in [0.29, 0.717) is 39.7 Å². The van der Waals surface area contributed by atoms with Gasteiger partial charge in [-0.1, -0.05) is 46.0 Å². The molecule has 0 unspecified atom stereocenters. The van der Waals surface area contributed by atoms with E-state index >= 15 is 0 Å². The van der Waals surface area contributed by atoms with Crippen LogP contribution in [0.5, 0.6) is 11.5 Å². The number of hydrogen-bond acceptors (Lipinski definition) is 7. The largest absolute Gasteiger partial charge is 0.490 e. The number of rotatable bonds is 8. The van der Waals surface area contributed by atoms with E-state index in [1.807, 2.05) is 13.0 Å². The maximum Gasteiger partial charge on any atom is 0.260 e. The summed E-state index contributed by atoms with van der Waals surface area (Å²) in [5, 5.41) is 12.2. The predicted octanol–water partition coefficient (Wildman–Crippen LogP) is 3.94. The molecular weight excluding hydrogens is 427 g/mol. The molecule has 2 aromatic carbocycles. The average Bonchev–Trinajstić information content (AvgIpc) is 3.08. The van der Waals surface area contributed by atoms with E-state index < -0.39 is 0 Å². The summed E-state index contributed by atoms with van der Waals surface area (Å²) in [7, 11) is 0. The van der Waals surface area contributed by atoms with Gasteiger partial charge >= 0.3 is 0 Å². The Morgan fingerprint density at radius 2 is 1.82 bits per heavy atom. The van der Waals surface area contributed by atoms with Gasteiger partial charge in [0, 0.05) is 11.1 Å². The van der Waals surface area contributed by atoms with E-state index in [-0.39, 0.29) is 12.6 Å². The molecule has 0 fully saturated rings. The topological polar surface area (TPSA) is 100 Å². The Morgan fingerprint density at radius 1 is 1.04 bits per heavy atom. The molecule has 8 nitrogen and oxygen atoms in total. The smallest absolute Gasteiger partial charge is 0.260 e. The summed E-state index contributed by atoms with van der Waals surface area (Å²) in [6, 6.07) is 8.80. The molecule has 11 heteroatoms. The molecule has 148 valence electrons. The van der Waals surface area contributed by atoms with Crippen LogP contribution in [0.3, 0.4) is 0 Å². The van der Waals surface area contributed by atoms with Crippen LogP contribution in [-0.4, -0.2) is 26.9 Å². The molecule has 3 N–H and O–H groups in total. The summed E-state index contributed by atoms with van der Waals surface area (Å²) in [6.45, 7) is 2.97. The zero-order valence-electron chi connectivity index (χ0n) is 14.8. The predicted molar refractivity (Wildman–Crippen MR) is 109 cm³/mol. The fraction of sp³-hybridized carbons (Fsp3) is 0.235. The maximum absolute atomic E-state index is 6.40. The van der Waals surface area contributed by atoms with Gasteiger partial charge in [0.2, 0.25) is 0 Å². The number of nitrogens with zero attached hydrogens (tertiary/aromatic N) is 4. The van der Waals surface area contributed by atoms with Crippen LogP contribution in [0.15, 0.2) is 30.3 Å². The summed E-state index contributed by atoms with van der Waals surface area (Å²) < 4.78 is 11.6. The minimum atomic E-state index is 0.141. The van der Waals surface area contributed by atoms with Crippen LogP contribution in [0, 0.1) is 0 Å². The Kier molecular flexibility index (Phi) is 6.66. The third kappa shape index (κ3) is 4.89. The lowest BCUT2D eigenvalue weighted by Crippen LogP contribution is -2.18. The van der Waals surface area contributed by atoms with E-state index in [1.165, 1.54) is 4.79 Å². The molecule has 1 heterocycles. The highest BCUT2D eigenvalue weighted by atomic mass is 35.5. The Balaban J connectivity index is 1.75. The lowest BCUT2D eigenvalue weighted by atomic mass is 10.2. The Labute approximate surface area is 176 Å². The van der Waals surface area contributed by atoms with Gasteiger partial charge in [0.25, 0.3) is 5.95 Å². The van der Waals surface area contributed by atoms with Crippen molar-refractivity contribution in [3.8, 4) is 11.5 Å². The zero-order valence-corrected chi connectivity index (χ0v) is 17.1. The average molecular weight is 444 g/mol. The SMILES string of the molecule is CCOc1cc(CNn2nnnc2N)c(Cl)cc1OCc1ccc(Cl)c(Cl)c1. The molecule has 0 aliphatic heterocycles. The van der Waals surface area contributed by atoms with Gasteiger partial charge < -0.3 is 20.6 Å². The first-order chi connectivity index (χ1) is 13.5. The molecule has 0 saturated carbocycles. The fourth-order valence-electron chi connectivity index (χ4n) is 2.35. The van der Waals surface area contributed by atoms with Crippen molar-refractivity contribution in [1.82, 2.24) is 20.3 Å². The molecule has 0 saturated heterocycles.